The lowest BCUT2D eigenvalue weighted by atomic mass is 10.0. The molecular formula is C12H16BrNO. The highest BCUT2D eigenvalue weighted by Crippen LogP contribution is 2.25. The molecule has 0 aliphatic heterocycles. The molecule has 1 aromatic rings. The molecule has 0 aromatic heterocycles. The zero-order chi connectivity index (χ0) is 11.6. The first-order chi connectivity index (χ1) is 6.93. The van der Waals surface area contributed by atoms with Gasteiger partial charge >= 0.3 is 0 Å². The predicted octanol–water partition coefficient (Wildman–Crippen LogP) is 4.07. The Kier molecular flexibility index (Phi) is 3.91. The van der Waals surface area contributed by atoms with Gasteiger partial charge in [0.15, 0.2) is 0 Å². The molecule has 1 aromatic carbocycles. The van der Waals surface area contributed by atoms with Gasteiger partial charge < -0.3 is 4.90 Å². The molecular weight excluding hydrogens is 254 g/mol. The van der Waals surface area contributed by atoms with Gasteiger partial charge in [-0.15, -0.1) is 0 Å². The summed E-state index contributed by atoms with van der Waals surface area (Å²) in [5, 5.41) is 0. The van der Waals surface area contributed by atoms with Crippen LogP contribution < -0.4 is 4.90 Å². The van der Waals surface area contributed by atoms with Crippen molar-refractivity contribution in [3.05, 3.63) is 29.3 Å². The van der Waals surface area contributed by atoms with E-state index >= 15 is 0 Å². The second-order valence-electron chi connectivity index (χ2n) is 4.01. The molecule has 0 heterocycles. The van der Waals surface area contributed by atoms with Crippen LogP contribution >= 0.6 is 15.9 Å². The van der Waals surface area contributed by atoms with Crippen molar-refractivity contribution in [2.24, 2.45) is 0 Å². The van der Waals surface area contributed by atoms with Crippen LogP contribution in [0.2, 0.25) is 0 Å². The average molecular weight is 270 g/mol. The minimum Gasteiger partial charge on any atom is -0.306 e. The van der Waals surface area contributed by atoms with Gasteiger partial charge in [0.2, 0.25) is 0 Å². The average Bonchev–Trinajstić information content (AvgIpc) is 2.16. The summed E-state index contributed by atoms with van der Waals surface area (Å²) >= 11 is 2.96. The third-order valence-electron chi connectivity index (χ3n) is 2.52. The Balaban J connectivity index is 3.16. The molecule has 0 spiro atoms. The van der Waals surface area contributed by atoms with Gasteiger partial charge in [0.1, 0.15) is 0 Å². The first-order valence-electron chi connectivity index (χ1n) is 4.97. The summed E-state index contributed by atoms with van der Waals surface area (Å²) in [6, 6.07) is 6.23. The molecule has 1 amide bonds. The van der Waals surface area contributed by atoms with E-state index in [1.807, 2.05) is 6.92 Å². The van der Waals surface area contributed by atoms with Gasteiger partial charge in [-0.2, -0.15) is 0 Å². The predicted molar refractivity (Wildman–Crippen MR) is 68.0 cm³/mol. The number of hydrogen-bond acceptors (Lipinski definition) is 1. The fourth-order valence-electron chi connectivity index (χ4n) is 1.44. The normalized spacial score (nSPS) is 10.5. The summed E-state index contributed by atoms with van der Waals surface area (Å²) in [6.07, 6.45) is 0. The van der Waals surface area contributed by atoms with E-state index in [2.05, 4.69) is 48.0 Å². The molecule has 0 fully saturated rings. The molecule has 0 aliphatic rings. The van der Waals surface area contributed by atoms with Crippen molar-refractivity contribution in [2.75, 3.05) is 11.9 Å². The molecule has 0 unspecified atom stereocenters. The van der Waals surface area contributed by atoms with Crippen LogP contribution in [0.15, 0.2) is 18.2 Å². The summed E-state index contributed by atoms with van der Waals surface area (Å²) in [5.74, 6) is 0.475. The van der Waals surface area contributed by atoms with Crippen LogP contribution in [0.3, 0.4) is 0 Å². The second-order valence-corrected chi connectivity index (χ2v) is 4.69. The van der Waals surface area contributed by atoms with Crippen LogP contribution in [0.1, 0.15) is 30.9 Å². The molecule has 3 heteroatoms. The van der Waals surface area contributed by atoms with Crippen molar-refractivity contribution in [1.29, 1.82) is 0 Å². The quantitative estimate of drug-likeness (QED) is 0.586. The molecule has 2 nitrogen and oxygen atoms in total. The van der Waals surface area contributed by atoms with Gasteiger partial charge in [-0.3, -0.25) is 4.79 Å². The third-order valence-corrected chi connectivity index (χ3v) is 3.06. The maximum Gasteiger partial charge on any atom is 0.293 e. The molecule has 0 saturated carbocycles. The number of nitrogens with zero attached hydrogens (tertiary/aromatic N) is 1. The SMILES string of the molecule is Cc1ccc(C(C)C)cc1N(C)C(=O)Br. The lowest BCUT2D eigenvalue weighted by Crippen LogP contribution is -2.20. The number of benzene rings is 1. The van der Waals surface area contributed by atoms with E-state index in [-0.39, 0.29) is 4.82 Å². The van der Waals surface area contributed by atoms with Crippen molar-refractivity contribution in [2.45, 2.75) is 26.7 Å². The van der Waals surface area contributed by atoms with E-state index < -0.39 is 0 Å². The highest BCUT2D eigenvalue weighted by molar-refractivity contribution is 9.18. The molecule has 0 bridgehead atoms. The summed E-state index contributed by atoms with van der Waals surface area (Å²) in [6.45, 7) is 6.29. The van der Waals surface area contributed by atoms with Crippen LogP contribution in [0.4, 0.5) is 10.5 Å². The van der Waals surface area contributed by atoms with Crippen molar-refractivity contribution < 1.29 is 4.79 Å². The van der Waals surface area contributed by atoms with Crippen molar-refractivity contribution in [3.8, 4) is 0 Å². The van der Waals surface area contributed by atoms with E-state index in [9.17, 15) is 4.79 Å². The zero-order valence-electron chi connectivity index (χ0n) is 9.54. The Morgan fingerprint density at radius 3 is 2.47 bits per heavy atom. The molecule has 0 aliphatic carbocycles. The molecule has 0 saturated heterocycles. The summed E-state index contributed by atoms with van der Waals surface area (Å²) in [7, 11) is 1.77. The fraction of sp³-hybridized carbons (Fsp3) is 0.417. The summed E-state index contributed by atoms with van der Waals surface area (Å²) in [4.78, 5) is 12.7. The van der Waals surface area contributed by atoms with E-state index in [0.717, 1.165) is 11.3 Å². The lowest BCUT2D eigenvalue weighted by molar-refractivity contribution is 0.267. The van der Waals surface area contributed by atoms with E-state index in [0.29, 0.717) is 5.92 Å². The van der Waals surface area contributed by atoms with E-state index in [1.54, 1.807) is 11.9 Å². The third kappa shape index (κ3) is 2.81. The highest BCUT2D eigenvalue weighted by atomic mass is 79.9. The largest absolute Gasteiger partial charge is 0.306 e. The fourth-order valence-corrected chi connectivity index (χ4v) is 1.63. The Morgan fingerprint density at radius 2 is 2.00 bits per heavy atom. The van der Waals surface area contributed by atoms with Crippen molar-refractivity contribution in [1.82, 2.24) is 0 Å². The number of amides is 1. The van der Waals surface area contributed by atoms with Crippen LogP contribution in [-0.4, -0.2) is 11.9 Å². The molecule has 0 N–H and O–H groups in total. The molecule has 0 atom stereocenters. The minimum absolute atomic E-state index is 0.119. The second kappa shape index (κ2) is 4.79. The smallest absolute Gasteiger partial charge is 0.293 e. The summed E-state index contributed by atoms with van der Waals surface area (Å²) in [5.41, 5.74) is 3.31. The number of halogens is 1. The van der Waals surface area contributed by atoms with E-state index in [4.69, 9.17) is 0 Å². The topological polar surface area (TPSA) is 20.3 Å². The maximum absolute atomic E-state index is 11.2. The van der Waals surface area contributed by atoms with Crippen LogP contribution in [0.5, 0.6) is 0 Å². The number of aryl methyl sites for hydroxylation is 1. The van der Waals surface area contributed by atoms with Gasteiger partial charge in [0.05, 0.1) is 0 Å². The van der Waals surface area contributed by atoms with Crippen LogP contribution in [0.25, 0.3) is 0 Å². The monoisotopic (exact) mass is 269 g/mol. The lowest BCUT2D eigenvalue weighted by Gasteiger charge is -2.18. The Hall–Kier alpha value is -0.830. The first-order valence-corrected chi connectivity index (χ1v) is 5.76. The number of hydrogen-bond donors (Lipinski definition) is 0. The standard InChI is InChI=1S/C12H16BrNO/c1-8(2)10-6-5-9(3)11(7-10)14(4)12(13)15/h5-8H,1-4H3. The van der Waals surface area contributed by atoms with Crippen molar-refractivity contribution >= 4 is 26.4 Å². The number of anilines is 1. The molecule has 15 heavy (non-hydrogen) atoms. The number of carbonyl (C=O) groups excluding carboxylic acids is 1. The zero-order valence-corrected chi connectivity index (χ0v) is 11.1. The number of carbonyl (C=O) groups is 1. The van der Waals surface area contributed by atoms with Crippen LogP contribution in [-0.2, 0) is 0 Å². The maximum atomic E-state index is 11.2. The van der Waals surface area contributed by atoms with Crippen molar-refractivity contribution in [3.63, 3.8) is 0 Å². The van der Waals surface area contributed by atoms with Gasteiger partial charge in [-0.25, -0.2) is 0 Å². The highest BCUT2D eigenvalue weighted by Gasteiger charge is 2.11. The van der Waals surface area contributed by atoms with Crippen LogP contribution in [0, 0.1) is 6.92 Å². The Bertz CT molecular complexity index is 374. The van der Waals surface area contributed by atoms with Gasteiger partial charge in [-0.05, 0) is 30.0 Å². The van der Waals surface area contributed by atoms with Gasteiger partial charge in [0.25, 0.3) is 4.82 Å². The van der Waals surface area contributed by atoms with E-state index in [1.165, 1.54) is 5.56 Å². The first kappa shape index (κ1) is 12.2. The number of rotatable bonds is 2. The molecule has 82 valence electrons. The Morgan fingerprint density at radius 1 is 1.40 bits per heavy atom. The van der Waals surface area contributed by atoms with Gasteiger partial charge in [0, 0.05) is 28.7 Å². The minimum atomic E-state index is -0.119. The summed E-state index contributed by atoms with van der Waals surface area (Å²) < 4.78 is 0. The Labute approximate surface area is 99.4 Å². The molecule has 0 radical (unpaired) electrons. The molecule has 1 rings (SSSR count). The van der Waals surface area contributed by atoms with Gasteiger partial charge in [-0.1, -0.05) is 26.0 Å².